The highest BCUT2D eigenvalue weighted by atomic mass is 32.2. The van der Waals surface area contributed by atoms with Gasteiger partial charge in [0.15, 0.2) is 0 Å². The molecule has 0 spiro atoms. The van der Waals surface area contributed by atoms with Crippen LogP contribution in [0.3, 0.4) is 0 Å². The van der Waals surface area contributed by atoms with Crippen LogP contribution in [0.2, 0.25) is 0 Å². The minimum absolute atomic E-state index is 0.310. The van der Waals surface area contributed by atoms with Gasteiger partial charge >= 0.3 is 0 Å². The average molecular weight is 458 g/mol. The van der Waals surface area contributed by atoms with E-state index in [2.05, 4.69) is 26.8 Å². The van der Waals surface area contributed by atoms with E-state index in [4.69, 9.17) is 4.74 Å². The first kappa shape index (κ1) is 21.6. The van der Waals surface area contributed by atoms with Gasteiger partial charge in [-0.1, -0.05) is 6.92 Å². The Labute approximate surface area is 190 Å². The van der Waals surface area contributed by atoms with Gasteiger partial charge in [0, 0.05) is 56.1 Å². The van der Waals surface area contributed by atoms with E-state index in [0.29, 0.717) is 36.8 Å². The highest BCUT2D eigenvalue weighted by Gasteiger charge is 2.56. The smallest absolute Gasteiger partial charge is 0.225 e. The second-order valence-electron chi connectivity index (χ2n) is 9.31. The predicted octanol–water partition coefficient (Wildman–Crippen LogP) is 2.33. The van der Waals surface area contributed by atoms with E-state index in [0.717, 1.165) is 56.4 Å². The monoisotopic (exact) mass is 457 g/mol. The Balaban J connectivity index is 1.07. The number of aromatic nitrogens is 3. The summed E-state index contributed by atoms with van der Waals surface area (Å²) in [6.45, 7) is 5.99. The van der Waals surface area contributed by atoms with Crippen LogP contribution in [0.15, 0.2) is 30.7 Å². The Kier molecular flexibility index (Phi) is 5.79. The molecule has 0 N–H and O–H groups in total. The summed E-state index contributed by atoms with van der Waals surface area (Å²) in [6.07, 6.45) is 9.53. The lowest BCUT2D eigenvalue weighted by molar-refractivity contribution is 0.281. The summed E-state index contributed by atoms with van der Waals surface area (Å²) in [4.78, 5) is 15.9. The molecule has 3 aliphatic rings. The quantitative estimate of drug-likeness (QED) is 0.630. The molecule has 0 bridgehead atoms. The normalized spacial score (nSPS) is 26.2. The van der Waals surface area contributed by atoms with Crippen LogP contribution < -0.4 is 9.64 Å². The fourth-order valence-corrected chi connectivity index (χ4v) is 6.02. The number of hydrogen-bond acceptors (Lipinski definition) is 7. The second-order valence-corrected chi connectivity index (χ2v) is 11.3. The molecule has 1 unspecified atom stereocenters. The molecule has 1 saturated carbocycles. The van der Waals surface area contributed by atoms with Crippen LogP contribution >= 0.6 is 0 Å². The molecule has 3 atom stereocenters. The molecule has 1 aliphatic carbocycles. The maximum atomic E-state index is 11.7. The number of nitrogens with zero attached hydrogens (tertiary/aromatic N) is 5. The standard InChI is InChI=1S/C23H31N5O3S/c1-3-16-10-25-23(26-11-16)27-13-19-20(14-27)21(19)15-31-18-4-5-22(24-12-18)17-6-8-28(9-7-17)32(2,29)30/h4-5,10-12,17,19-21H,3,6-9,13-15H2,1-2H3/t19-,20?,21+/m1/s1. The summed E-state index contributed by atoms with van der Waals surface area (Å²) < 4.78 is 31.0. The number of ether oxygens (including phenoxy) is 1. The minimum Gasteiger partial charge on any atom is -0.492 e. The highest BCUT2D eigenvalue weighted by molar-refractivity contribution is 7.88. The molecule has 2 saturated heterocycles. The number of fused-ring (bicyclic) bond motifs is 1. The number of pyridine rings is 1. The fourth-order valence-electron chi connectivity index (χ4n) is 5.15. The average Bonchev–Trinajstić information content (AvgIpc) is 3.26. The molecule has 4 heterocycles. The molecular weight excluding hydrogens is 426 g/mol. The zero-order valence-electron chi connectivity index (χ0n) is 18.7. The third kappa shape index (κ3) is 4.45. The molecule has 172 valence electrons. The Bertz CT molecular complexity index is 1020. The number of sulfonamides is 1. The van der Waals surface area contributed by atoms with Crippen LogP contribution in [0.4, 0.5) is 5.95 Å². The van der Waals surface area contributed by atoms with Gasteiger partial charge in [-0.3, -0.25) is 4.98 Å². The molecule has 3 fully saturated rings. The van der Waals surface area contributed by atoms with Gasteiger partial charge in [-0.15, -0.1) is 0 Å². The van der Waals surface area contributed by atoms with Gasteiger partial charge in [0.2, 0.25) is 16.0 Å². The van der Waals surface area contributed by atoms with Gasteiger partial charge in [0.1, 0.15) is 5.75 Å². The lowest BCUT2D eigenvalue weighted by Crippen LogP contribution is -2.37. The Morgan fingerprint density at radius 3 is 2.28 bits per heavy atom. The summed E-state index contributed by atoms with van der Waals surface area (Å²) in [5.41, 5.74) is 2.20. The van der Waals surface area contributed by atoms with Crippen molar-refractivity contribution in [2.45, 2.75) is 32.1 Å². The molecule has 8 nitrogen and oxygen atoms in total. The minimum atomic E-state index is -3.09. The molecule has 2 aromatic heterocycles. The third-order valence-corrected chi connectivity index (χ3v) is 8.60. The van der Waals surface area contributed by atoms with Gasteiger partial charge in [-0.25, -0.2) is 22.7 Å². The number of hydrogen-bond donors (Lipinski definition) is 0. The zero-order valence-corrected chi connectivity index (χ0v) is 19.5. The summed E-state index contributed by atoms with van der Waals surface area (Å²) >= 11 is 0. The van der Waals surface area contributed by atoms with E-state index in [1.54, 1.807) is 4.31 Å². The van der Waals surface area contributed by atoms with Gasteiger partial charge < -0.3 is 9.64 Å². The van der Waals surface area contributed by atoms with Crippen LogP contribution in [-0.4, -0.2) is 66.7 Å². The van der Waals surface area contributed by atoms with Crippen molar-refractivity contribution in [3.63, 3.8) is 0 Å². The summed E-state index contributed by atoms with van der Waals surface area (Å²) in [6, 6.07) is 4.03. The molecule has 0 radical (unpaired) electrons. The number of aryl methyl sites for hydroxylation is 1. The summed E-state index contributed by atoms with van der Waals surface area (Å²) in [5, 5.41) is 0. The number of anilines is 1. The molecule has 9 heteroatoms. The van der Waals surface area contributed by atoms with Crippen molar-refractivity contribution in [3.05, 3.63) is 42.0 Å². The first-order valence-electron chi connectivity index (χ1n) is 11.5. The Hall–Kier alpha value is -2.26. The lowest BCUT2D eigenvalue weighted by atomic mass is 9.94. The van der Waals surface area contributed by atoms with Crippen molar-refractivity contribution in [1.82, 2.24) is 19.3 Å². The predicted molar refractivity (Wildman–Crippen MR) is 122 cm³/mol. The number of rotatable bonds is 7. The first-order valence-corrected chi connectivity index (χ1v) is 13.4. The van der Waals surface area contributed by atoms with Gasteiger partial charge in [-0.05, 0) is 48.8 Å². The maximum absolute atomic E-state index is 11.7. The second kappa shape index (κ2) is 8.59. The van der Waals surface area contributed by atoms with Crippen molar-refractivity contribution in [2.75, 3.05) is 43.9 Å². The molecule has 5 rings (SSSR count). The lowest BCUT2D eigenvalue weighted by Gasteiger charge is -2.29. The van der Waals surface area contributed by atoms with Crippen molar-refractivity contribution in [2.24, 2.45) is 17.8 Å². The van der Waals surface area contributed by atoms with Gasteiger partial charge in [0.05, 0.1) is 19.1 Å². The summed E-state index contributed by atoms with van der Waals surface area (Å²) in [7, 11) is -3.09. The van der Waals surface area contributed by atoms with Crippen LogP contribution in [0.5, 0.6) is 5.75 Å². The number of piperidine rings is 2. The van der Waals surface area contributed by atoms with Gasteiger partial charge in [-0.2, -0.15) is 0 Å². The topological polar surface area (TPSA) is 88.5 Å². The van der Waals surface area contributed by atoms with E-state index in [1.165, 1.54) is 11.8 Å². The highest BCUT2D eigenvalue weighted by Crippen LogP contribution is 2.52. The largest absolute Gasteiger partial charge is 0.492 e. The first-order chi connectivity index (χ1) is 15.4. The van der Waals surface area contributed by atoms with Crippen molar-refractivity contribution in [1.29, 1.82) is 0 Å². The van der Waals surface area contributed by atoms with Crippen molar-refractivity contribution < 1.29 is 13.2 Å². The van der Waals surface area contributed by atoms with E-state index >= 15 is 0 Å². The van der Waals surface area contributed by atoms with E-state index in [-0.39, 0.29) is 0 Å². The van der Waals surface area contributed by atoms with Crippen LogP contribution in [0.1, 0.15) is 36.9 Å². The SMILES string of the molecule is CCc1cnc(N2CC3[C@@H](COc4ccc(C5CCN(S(C)(=O)=O)CC5)nc4)[C@@H]3C2)nc1. The molecule has 2 aromatic rings. The zero-order chi connectivity index (χ0) is 22.3. The molecule has 0 amide bonds. The molecule has 2 aliphatic heterocycles. The molecule has 0 aromatic carbocycles. The van der Waals surface area contributed by atoms with Crippen LogP contribution in [0, 0.1) is 17.8 Å². The summed E-state index contributed by atoms with van der Waals surface area (Å²) in [5.74, 6) is 3.89. The van der Waals surface area contributed by atoms with Crippen LogP contribution in [0.25, 0.3) is 0 Å². The van der Waals surface area contributed by atoms with Crippen LogP contribution in [-0.2, 0) is 16.4 Å². The molecular formula is C23H31N5O3S. The Morgan fingerprint density at radius 2 is 1.72 bits per heavy atom. The van der Waals surface area contributed by atoms with E-state index in [9.17, 15) is 8.42 Å². The fraction of sp³-hybridized carbons (Fsp3) is 0.609. The van der Waals surface area contributed by atoms with Gasteiger partial charge in [0.25, 0.3) is 0 Å². The van der Waals surface area contributed by atoms with E-state index in [1.807, 2.05) is 30.7 Å². The van der Waals surface area contributed by atoms with Crippen molar-refractivity contribution in [3.8, 4) is 5.75 Å². The molecule has 32 heavy (non-hydrogen) atoms. The Morgan fingerprint density at radius 1 is 1.03 bits per heavy atom. The third-order valence-electron chi connectivity index (χ3n) is 7.30. The maximum Gasteiger partial charge on any atom is 0.225 e. The van der Waals surface area contributed by atoms with E-state index < -0.39 is 10.0 Å². The van der Waals surface area contributed by atoms with Crippen molar-refractivity contribution >= 4 is 16.0 Å².